The van der Waals surface area contributed by atoms with Crippen LogP contribution >= 0.6 is 0 Å². The highest BCUT2D eigenvalue weighted by Crippen LogP contribution is 2.61. The topological polar surface area (TPSA) is 46.5 Å². The molecule has 0 radical (unpaired) electrons. The Labute approximate surface area is 135 Å². The van der Waals surface area contributed by atoms with Crippen LogP contribution in [0.2, 0.25) is 0 Å². The first-order chi connectivity index (χ1) is 11.2. The number of carbonyl (C=O) groups is 1. The van der Waals surface area contributed by atoms with E-state index in [4.69, 9.17) is 4.74 Å². The van der Waals surface area contributed by atoms with Crippen LogP contribution in [0.15, 0.2) is 48.5 Å². The summed E-state index contributed by atoms with van der Waals surface area (Å²) in [5, 5.41) is 9.26. The van der Waals surface area contributed by atoms with Crippen molar-refractivity contribution < 1.29 is 14.6 Å². The van der Waals surface area contributed by atoms with Crippen molar-refractivity contribution in [2.75, 3.05) is 6.61 Å². The second kappa shape index (κ2) is 5.41. The van der Waals surface area contributed by atoms with Gasteiger partial charge in [0.25, 0.3) is 0 Å². The van der Waals surface area contributed by atoms with Crippen LogP contribution < -0.4 is 4.74 Å². The van der Waals surface area contributed by atoms with Crippen molar-refractivity contribution in [2.45, 2.75) is 31.1 Å². The Hall–Kier alpha value is -2.29. The predicted molar refractivity (Wildman–Crippen MR) is 87.8 cm³/mol. The first-order valence-corrected chi connectivity index (χ1v) is 8.22. The third-order valence-electron chi connectivity index (χ3n) is 5.33. The molecular formula is C20H20O3. The van der Waals surface area contributed by atoms with E-state index in [2.05, 4.69) is 24.3 Å². The minimum absolute atomic E-state index is 0.0796. The molecule has 0 aromatic heterocycles. The summed E-state index contributed by atoms with van der Waals surface area (Å²) >= 11 is 0. The number of rotatable bonds is 5. The highest BCUT2D eigenvalue weighted by molar-refractivity contribution is 5.78. The smallest absolute Gasteiger partial charge is 0.307 e. The van der Waals surface area contributed by atoms with E-state index >= 15 is 0 Å². The van der Waals surface area contributed by atoms with Gasteiger partial charge in [-0.1, -0.05) is 36.4 Å². The van der Waals surface area contributed by atoms with Crippen molar-refractivity contribution in [1.82, 2.24) is 0 Å². The maximum Gasteiger partial charge on any atom is 0.307 e. The van der Waals surface area contributed by atoms with Crippen LogP contribution in [0.3, 0.4) is 0 Å². The molecule has 3 nitrogen and oxygen atoms in total. The van der Waals surface area contributed by atoms with E-state index in [1.165, 1.54) is 16.7 Å². The van der Waals surface area contributed by atoms with E-state index in [1.807, 2.05) is 24.3 Å². The molecule has 1 N–H and O–H groups in total. The standard InChI is InChI=1S/C20H20O3/c21-19(22)18-13-20(18)10-8-15-12-16(6-7-17(15)20)23-11-9-14-4-2-1-3-5-14/h1-7,12,18H,8-11,13H2,(H,21,22)/t18-,20-/m0/s1. The van der Waals surface area contributed by atoms with Crippen molar-refractivity contribution in [2.24, 2.45) is 5.92 Å². The molecular weight excluding hydrogens is 288 g/mol. The van der Waals surface area contributed by atoms with Crippen LogP contribution in [0, 0.1) is 5.92 Å². The van der Waals surface area contributed by atoms with Crippen LogP contribution in [-0.4, -0.2) is 17.7 Å². The van der Waals surface area contributed by atoms with E-state index in [0.717, 1.165) is 31.4 Å². The molecule has 1 spiro atoms. The summed E-state index contributed by atoms with van der Waals surface area (Å²) in [6.07, 6.45) is 3.62. The lowest BCUT2D eigenvalue weighted by Gasteiger charge is -2.12. The monoisotopic (exact) mass is 308 g/mol. The minimum atomic E-state index is -0.652. The van der Waals surface area contributed by atoms with E-state index in [0.29, 0.717) is 6.61 Å². The van der Waals surface area contributed by atoms with Crippen molar-refractivity contribution >= 4 is 5.97 Å². The van der Waals surface area contributed by atoms with Crippen LogP contribution in [0.25, 0.3) is 0 Å². The fourth-order valence-electron chi connectivity index (χ4n) is 3.98. The highest BCUT2D eigenvalue weighted by Gasteiger charge is 2.61. The fourth-order valence-corrected chi connectivity index (χ4v) is 3.98. The van der Waals surface area contributed by atoms with Gasteiger partial charge in [-0.15, -0.1) is 0 Å². The average molecular weight is 308 g/mol. The Morgan fingerprint density at radius 3 is 2.78 bits per heavy atom. The van der Waals surface area contributed by atoms with Gasteiger partial charge in [-0.3, -0.25) is 4.79 Å². The molecule has 0 saturated heterocycles. The third-order valence-corrected chi connectivity index (χ3v) is 5.33. The highest BCUT2D eigenvalue weighted by atomic mass is 16.5. The average Bonchev–Trinajstić information content (AvgIpc) is 3.19. The molecule has 0 bridgehead atoms. The maximum atomic E-state index is 11.3. The minimum Gasteiger partial charge on any atom is -0.493 e. The second-order valence-corrected chi connectivity index (χ2v) is 6.65. The van der Waals surface area contributed by atoms with Gasteiger partial charge in [0.1, 0.15) is 5.75 Å². The number of aliphatic carboxylic acids is 1. The largest absolute Gasteiger partial charge is 0.493 e. The number of ether oxygens (including phenoxy) is 1. The van der Waals surface area contributed by atoms with Gasteiger partial charge in [0, 0.05) is 11.8 Å². The molecule has 0 amide bonds. The SMILES string of the molecule is O=C(O)[C@@H]1C[C@]12CCc1cc(OCCc3ccccc3)ccc12. The number of aryl methyl sites for hydroxylation is 1. The lowest BCUT2D eigenvalue weighted by molar-refractivity contribution is -0.139. The Balaban J connectivity index is 1.42. The van der Waals surface area contributed by atoms with Gasteiger partial charge in [-0.2, -0.15) is 0 Å². The van der Waals surface area contributed by atoms with E-state index in [-0.39, 0.29) is 11.3 Å². The van der Waals surface area contributed by atoms with Gasteiger partial charge in [-0.05, 0) is 48.1 Å². The number of benzene rings is 2. The molecule has 3 heteroatoms. The van der Waals surface area contributed by atoms with Gasteiger partial charge in [-0.25, -0.2) is 0 Å². The molecule has 0 heterocycles. The summed E-state index contributed by atoms with van der Waals surface area (Å²) in [7, 11) is 0. The zero-order chi connectivity index (χ0) is 15.9. The molecule has 4 rings (SSSR count). The summed E-state index contributed by atoms with van der Waals surface area (Å²) < 4.78 is 5.88. The van der Waals surface area contributed by atoms with E-state index < -0.39 is 5.97 Å². The summed E-state index contributed by atoms with van der Waals surface area (Å²) in [5.41, 5.74) is 3.70. The number of fused-ring (bicyclic) bond motifs is 2. The summed E-state index contributed by atoms with van der Waals surface area (Å²) in [6, 6.07) is 16.5. The fraction of sp³-hybridized carbons (Fsp3) is 0.350. The summed E-state index contributed by atoms with van der Waals surface area (Å²) in [5.74, 6) is 0.0545. The van der Waals surface area contributed by atoms with Crippen molar-refractivity contribution in [3.63, 3.8) is 0 Å². The number of hydrogen-bond donors (Lipinski definition) is 1. The normalized spacial score (nSPS) is 24.4. The molecule has 2 aromatic carbocycles. The van der Waals surface area contributed by atoms with Crippen molar-refractivity contribution in [3.05, 3.63) is 65.2 Å². The Kier molecular flexibility index (Phi) is 3.37. The van der Waals surface area contributed by atoms with Crippen LogP contribution in [0.1, 0.15) is 29.5 Å². The summed E-state index contributed by atoms with van der Waals surface area (Å²) in [6.45, 7) is 0.658. The van der Waals surface area contributed by atoms with Gasteiger partial charge in [0.15, 0.2) is 0 Å². The molecule has 1 saturated carbocycles. The third kappa shape index (κ3) is 2.50. The van der Waals surface area contributed by atoms with Gasteiger partial charge in [0.05, 0.1) is 12.5 Å². The Morgan fingerprint density at radius 2 is 2.04 bits per heavy atom. The van der Waals surface area contributed by atoms with Gasteiger partial charge >= 0.3 is 5.97 Å². The first kappa shape index (κ1) is 14.3. The maximum absolute atomic E-state index is 11.3. The van der Waals surface area contributed by atoms with Crippen molar-refractivity contribution in [3.8, 4) is 5.75 Å². The molecule has 1 fully saturated rings. The van der Waals surface area contributed by atoms with Crippen LogP contribution in [0.5, 0.6) is 5.75 Å². The molecule has 118 valence electrons. The lowest BCUT2D eigenvalue weighted by atomic mass is 9.95. The number of hydrogen-bond acceptors (Lipinski definition) is 2. The van der Waals surface area contributed by atoms with E-state index in [9.17, 15) is 9.90 Å². The van der Waals surface area contributed by atoms with Crippen LogP contribution in [-0.2, 0) is 23.1 Å². The predicted octanol–water partition coefficient (Wildman–Crippen LogP) is 3.60. The molecule has 2 aliphatic carbocycles. The van der Waals surface area contributed by atoms with Crippen molar-refractivity contribution in [1.29, 1.82) is 0 Å². The van der Waals surface area contributed by atoms with Gasteiger partial charge in [0.2, 0.25) is 0 Å². The quantitative estimate of drug-likeness (QED) is 0.918. The molecule has 0 unspecified atom stereocenters. The number of carboxylic acid groups (broad SMARTS) is 1. The molecule has 2 aromatic rings. The molecule has 2 aliphatic rings. The van der Waals surface area contributed by atoms with E-state index in [1.54, 1.807) is 0 Å². The summed E-state index contributed by atoms with van der Waals surface area (Å²) in [4.78, 5) is 11.3. The lowest BCUT2D eigenvalue weighted by Crippen LogP contribution is -2.11. The second-order valence-electron chi connectivity index (χ2n) is 6.65. The first-order valence-electron chi connectivity index (χ1n) is 8.22. The zero-order valence-corrected chi connectivity index (χ0v) is 13.0. The Morgan fingerprint density at radius 1 is 1.22 bits per heavy atom. The molecule has 2 atom stereocenters. The van der Waals surface area contributed by atoms with Gasteiger partial charge < -0.3 is 9.84 Å². The number of carboxylic acids is 1. The zero-order valence-electron chi connectivity index (χ0n) is 13.0. The molecule has 23 heavy (non-hydrogen) atoms. The Bertz CT molecular complexity index is 738. The molecule has 0 aliphatic heterocycles. The van der Waals surface area contributed by atoms with Crippen LogP contribution in [0.4, 0.5) is 0 Å².